The lowest BCUT2D eigenvalue weighted by molar-refractivity contribution is 0.145. The van der Waals surface area contributed by atoms with Crippen LogP contribution in [0, 0.1) is 5.41 Å². The zero-order valence-electron chi connectivity index (χ0n) is 12.2. The van der Waals surface area contributed by atoms with Gasteiger partial charge in [-0.3, -0.25) is 0 Å². The van der Waals surface area contributed by atoms with Crippen LogP contribution in [0.4, 0.5) is 0 Å². The van der Waals surface area contributed by atoms with Gasteiger partial charge in [-0.05, 0) is 48.9 Å². The van der Waals surface area contributed by atoms with Crippen molar-refractivity contribution in [3.8, 4) is 0 Å². The third-order valence-corrected chi connectivity index (χ3v) is 4.85. The van der Waals surface area contributed by atoms with Crippen molar-refractivity contribution in [1.29, 1.82) is 0 Å². The van der Waals surface area contributed by atoms with Gasteiger partial charge in [0.25, 0.3) is 0 Å². The highest BCUT2D eigenvalue weighted by Gasteiger charge is 2.34. The average Bonchev–Trinajstić information content (AvgIpc) is 2.39. The Balaban J connectivity index is 2.11. The van der Waals surface area contributed by atoms with Crippen LogP contribution in [0.1, 0.15) is 51.5 Å². The first-order chi connectivity index (χ1) is 9.14. The molecule has 0 radical (unpaired) electrons. The van der Waals surface area contributed by atoms with Gasteiger partial charge in [0.15, 0.2) is 0 Å². The topological polar surface area (TPSA) is 12.0 Å². The molecule has 1 nitrogen and oxygen atoms in total. The number of nitrogens with one attached hydrogen (secondary N) is 1. The van der Waals surface area contributed by atoms with Gasteiger partial charge in [-0.1, -0.05) is 56.8 Å². The minimum atomic E-state index is 0.441. The fourth-order valence-electron chi connectivity index (χ4n) is 3.42. The molecule has 19 heavy (non-hydrogen) atoms. The first kappa shape index (κ1) is 14.9. The maximum Gasteiger partial charge on any atom is 0.0408 e. The summed E-state index contributed by atoms with van der Waals surface area (Å²) < 4.78 is 0. The second-order valence-corrected chi connectivity index (χ2v) is 6.60. The molecule has 0 aromatic heterocycles. The van der Waals surface area contributed by atoms with Crippen LogP contribution in [0.2, 0.25) is 5.02 Å². The summed E-state index contributed by atoms with van der Waals surface area (Å²) in [6.07, 6.45) is 7.97. The van der Waals surface area contributed by atoms with Crippen molar-refractivity contribution in [3.63, 3.8) is 0 Å². The molecule has 0 spiro atoms. The maximum absolute atomic E-state index is 6.11. The van der Waals surface area contributed by atoms with E-state index in [1.807, 2.05) is 6.07 Å². The highest BCUT2D eigenvalue weighted by Crippen LogP contribution is 2.40. The standard InChI is InChI=1S/C17H26ClN/c1-3-19-16(17(2)10-5-4-6-11-17)13-14-8-7-9-15(18)12-14/h7-9,12,16,19H,3-6,10-11,13H2,1-2H3. The maximum atomic E-state index is 6.11. The highest BCUT2D eigenvalue weighted by molar-refractivity contribution is 6.30. The zero-order chi connectivity index (χ0) is 13.7. The van der Waals surface area contributed by atoms with Crippen molar-refractivity contribution >= 4 is 11.6 Å². The average molecular weight is 280 g/mol. The number of hydrogen-bond acceptors (Lipinski definition) is 1. The van der Waals surface area contributed by atoms with Crippen LogP contribution in [0.5, 0.6) is 0 Å². The fourth-order valence-corrected chi connectivity index (χ4v) is 3.63. The van der Waals surface area contributed by atoms with Crippen molar-refractivity contribution in [3.05, 3.63) is 34.9 Å². The minimum Gasteiger partial charge on any atom is -0.313 e. The van der Waals surface area contributed by atoms with Gasteiger partial charge in [0.2, 0.25) is 0 Å². The van der Waals surface area contributed by atoms with Crippen molar-refractivity contribution in [2.24, 2.45) is 5.41 Å². The lowest BCUT2D eigenvalue weighted by atomic mass is 9.69. The lowest BCUT2D eigenvalue weighted by Gasteiger charge is -2.41. The van der Waals surface area contributed by atoms with Crippen LogP contribution in [-0.4, -0.2) is 12.6 Å². The molecule has 2 heteroatoms. The van der Waals surface area contributed by atoms with Gasteiger partial charge in [0, 0.05) is 11.1 Å². The van der Waals surface area contributed by atoms with Gasteiger partial charge in [-0.15, -0.1) is 0 Å². The number of hydrogen-bond donors (Lipinski definition) is 1. The van der Waals surface area contributed by atoms with Crippen LogP contribution < -0.4 is 5.32 Å². The van der Waals surface area contributed by atoms with Gasteiger partial charge < -0.3 is 5.32 Å². The Morgan fingerprint density at radius 2 is 2.00 bits per heavy atom. The van der Waals surface area contributed by atoms with Gasteiger partial charge in [-0.2, -0.15) is 0 Å². The van der Waals surface area contributed by atoms with E-state index in [0.29, 0.717) is 11.5 Å². The lowest BCUT2D eigenvalue weighted by Crippen LogP contribution is -2.46. The van der Waals surface area contributed by atoms with Crippen molar-refractivity contribution < 1.29 is 0 Å². The quantitative estimate of drug-likeness (QED) is 0.814. The molecule has 0 aliphatic heterocycles. The molecular weight excluding hydrogens is 254 g/mol. The molecule has 2 rings (SSSR count). The predicted octanol–water partition coefficient (Wildman–Crippen LogP) is 4.83. The predicted molar refractivity (Wildman–Crippen MR) is 83.8 cm³/mol. The molecule has 1 saturated carbocycles. The molecule has 0 bridgehead atoms. The highest BCUT2D eigenvalue weighted by atomic mass is 35.5. The first-order valence-electron chi connectivity index (χ1n) is 7.62. The summed E-state index contributed by atoms with van der Waals surface area (Å²) in [7, 11) is 0. The summed E-state index contributed by atoms with van der Waals surface area (Å²) in [5, 5.41) is 4.57. The smallest absolute Gasteiger partial charge is 0.0408 e. The summed E-state index contributed by atoms with van der Waals surface area (Å²) >= 11 is 6.11. The molecule has 106 valence electrons. The van der Waals surface area contributed by atoms with E-state index < -0.39 is 0 Å². The SMILES string of the molecule is CCNC(Cc1cccc(Cl)c1)C1(C)CCCCC1. The summed E-state index contributed by atoms with van der Waals surface area (Å²) in [6, 6.07) is 8.89. The van der Waals surface area contributed by atoms with Crippen LogP contribution in [0.25, 0.3) is 0 Å². The Kier molecular flexibility index (Phi) is 5.29. The third-order valence-electron chi connectivity index (χ3n) is 4.62. The van der Waals surface area contributed by atoms with E-state index in [2.05, 4.69) is 37.4 Å². The molecule has 1 aliphatic carbocycles. The van der Waals surface area contributed by atoms with E-state index in [1.54, 1.807) is 0 Å². The van der Waals surface area contributed by atoms with Gasteiger partial charge in [0.05, 0.1) is 0 Å². The van der Waals surface area contributed by atoms with E-state index in [1.165, 1.54) is 37.7 Å². The fraction of sp³-hybridized carbons (Fsp3) is 0.647. The third kappa shape index (κ3) is 3.97. The van der Waals surface area contributed by atoms with Crippen molar-refractivity contribution in [2.45, 2.75) is 58.4 Å². The Morgan fingerprint density at radius 3 is 2.63 bits per heavy atom. The van der Waals surface area contributed by atoms with Gasteiger partial charge in [-0.25, -0.2) is 0 Å². The van der Waals surface area contributed by atoms with Crippen LogP contribution >= 0.6 is 11.6 Å². The second-order valence-electron chi connectivity index (χ2n) is 6.16. The first-order valence-corrected chi connectivity index (χ1v) is 8.00. The van der Waals surface area contributed by atoms with Crippen LogP contribution in [-0.2, 0) is 6.42 Å². The summed E-state index contributed by atoms with van der Waals surface area (Å²) in [4.78, 5) is 0. The van der Waals surface area contributed by atoms with E-state index in [4.69, 9.17) is 11.6 Å². The Hall–Kier alpha value is -0.530. The van der Waals surface area contributed by atoms with Gasteiger partial charge >= 0.3 is 0 Å². The monoisotopic (exact) mass is 279 g/mol. The summed E-state index contributed by atoms with van der Waals surface area (Å²) in [5.74, 6) is 0. The van der Waals surface area contributed by atoms with Crippen molar-refractivity contribution in [2.75, 3.05) is 6.54 Å². The molecule has 0 saturated heterocycles. The number of halogens is 1. The Labute approximate surface area is 122 Å². The number of rotatable bonds is 5. The molecule has 0 heterocycles. The van der Waals surface area contributed by atoms with E-state index in [-0.39, 0.29) is 0 Å². The molecule has 1 aromatic carbocycles. The summed E-state index contributed by atoms with van der Waals surface area (Å²) in [6.45, 7) is 5.71. The molecule has 1 atom stereocenters. The van der Waals surface area contributed by atoms with E-state index in [9.17, 15) is 0 Å². The zero-order valence-corrected chi connectivity index (χ0v) is 13.0. The van der Waals surface area contributed by atoms with E-state index in [0.717, 1.165) is 18.0 Å². The molecule has 1 unspecified atom stereocenters. The number of likely N-dealkylation sites (N-methyl/N-ethyl adjacent to an activating group) is 1. The molecule has 1 aromatic rings. The minimum absolute atomic E-state index is 0.441. The Bertz CT molecular complexity index is 396. The summed E-state index contributed by atoms with van der Waals surface area (Å²) in [5.41, 5.74) is 1.79. The molecule has 1 fully saturated rings. The second kappa shape index (κ2) is 6.76. The van der Waals surface area contributed by atoms with E-state index >= 15 is 0 Å². The normalized spacial score (nSPS) is 20.2. The van der Waals surface area contributed by atoms with Gasteiger partial charge in [0.1, 0.15) is 0 Å². The molecule has 1 aliphatic rings. The van der Waals surface area contributed by atoms with Crippen LogP contribution in [0.3, 0.4) is 0 Å². The molecular formula is C17H26ClN. The largest absolute Gasteiger partial charge is 0.313 e. The molecule has 0 amide bonds. The van der Waals surface area contributed by atoms with Crippen LogP contribution in [0.15, 0.2) is 24.3 Å². The molecule has 1 N–H and O–H groups in total. The number of benzene rings is 1. The Morgan fingerprint density at radius 1 is 1.26 bits per heavy atom. The van der Waals surface area contributed by atoms with Crippen molar-refractivity contribution in [1.82, 2.24) is 5.32 Å².